The highest BCUT2D eigenvalue weighted by Crippen LogP contribution is 2.36. The lowest BCUT2D eigenvalue weighted by atomic mass is 9.98. The van der Waals surface area contributed by atoms with Crippen molar-refractivity contribution in [3.63, 3.8) is 0 Å². The zero-order chi connectivity index (χ0) is 20.1. The third kappa shape index (κ3) is 4.41. The number of hydrogen-bond acceptors (Lipinski definition) is 5. The summed E-state index contributed by atoms with van der Waals surface area (Å²) in [5.41, 5.74) is 3.09. The molecule has 0 amide bonds. The quantitative estimate of drug-likeness (QED) is 0.676. The molecule has 2 aromatic carbocycles. The zero-order valence-corrected chi connectivity index (χ0v) is 17.4. The van der Waals surface area contributed by atoms with Crippen molar-refractivity contribution in [1.82, 2.24) is 0 Å². The van der Waals surface area contributed by atoms with Crippen LogP contribution in [0.5, 0.6) is 17.2 Å². The Labute approximate surface area is 167 Å². The van der Waals surface area contributed by atoms with Crippen molar-refractivity contribution in [2.45, 2.75) is 38.6 Å². The molecule has 2 aromatic rings. The molecule has 150 valence electrons. The standard InChI is InChI=1S/C23H29NO4/c1-23(2)15-28-22(24-23)19-12-13-20(26-4)21(27-5)18(19)11-7-9-16-8-6-10-17(14-16)25-3/h6,8,10,12-14H,7,9,11,15H2,1-5H3. The van der Waals surface area contributed by atoms with Crippen LogP contribution in [0.15, 0.2) is 41.4 Å². The Balaban J connectivity index is 1.87. The van der Waals surface area contributed by atoms with Crippen molar-refractivity contribution in [2.75, 3.05) is 27.9 Å². The van der Waals surface area contributed by atoms with E-state index in [1.807, 2.05) is 24.3 Å². The minimum Gasteiger partial charge on any atom is -0.497 e. The third-order valence-electron chi connectivity index (χ3n) is 4.87. The van der Waals surface area contributed by atoms with E-state index in [1.165, 1.54) is 5.56 Å². The van der Waals surface area contributed by atoms with Crippen molar-refractivity contribution >= 4 is 5.90 Å². The Morgan fingerprint density at radius 1 is 1.00 bits per heavy atom. The molecule has 1 aliphatic rings. The van der Waals surface area contributed by atoms with Crippen LogP contribution >= 0.6 is 0 Å². The van der Waals surface area contributed by atoms with E-state index < -0.39 is 0 Å². The molecular weight excluding hydrogens is 354 g/mol. The Morgan fingerprint density at radius 2 is 1.82 bits per heavy atom. The molecule has 5 heteroatoms. The summed E-state index contributed by atoms with van der Waals surface area (Å²) in [6.07, 6.45) is 2.73. The lowest BCUT2D eigenvalue weighted by molar-refractivity contribution is 0.279. The zero-order valence-electron chi connectivity index (χ0n) is 17.4. The molecule has 0 saturated heterocycles. The minimum absolute atomic E-state index is 0.208. The first-order valence-corrected chi connectivity index (χ1v) is 9.57. The van der Waals surface area contributed by atoms with E-state index in [0.717, 1.165) is 47.6 Å². The Morgan fingerprint density at radius 3 is 2.46 bits per heavy atom. The first-order chi connectivity index (χ1) is 13.5. The maximum Gasteiger partial charge on any atom is 0.217 e. The van der Waals surface area contributed by atoms with Crippen LogP contribution in [0.2, 0.25) is 0 Å². The number of ether oxygens (including phenoxy) is 4. The fourth-order valence-electron chi connectivity index (χ4n) is 3.46. The molecular formula is C23H29NO4. The Hall–Kier alpha value is -2.69. The number of nitrogens with zero attached hydrogens (tertiary/aromatic N) is 1. The van der Waals surface area contributed by atoms with Crippen molar-refractivity contribution in [2.24, 2.45) is 4.99 Å². The topological polar surface area (TPSA) is 49.3 Å². The lowest BCUT2D eigenvalue weighted by Crippen LogP contribution is -2.17. The van der Waals surface area contributed by atoms with Gasteiger partial charge in [-0.3, -0.25) is 0 Å². The highest BCUT2D eigenvalue weighted by Gasteiger charge is 2.29. The highest BCUT2D eigenvalue weighted by atomic mass is 16.5. The van der Waals surface area contributed by atoms with E-state index in [9.17, 15) is 0 Å². The van der Waals surface area contributed by atoms with Gasteiger partial charge in [0.15, 0.2) is 11.5 Å². The molecule has 1 heterocycles. The molecule has 0 radical (unpaired) electrons. The van der Waals surface area contributed by atoms with E-state index in [4.69, 9.17) is 23.9 Å². The third-order valence-corrected chi connectivity index (χ3v) is 4.87. The molecule has 0 unspecified atom stereocenters. The predicted octanol–water partition coefficient (Wildman–Crippen LogP) is 4.44. The second-order valence-corrected chi connectivity index (χ2v) is 7.55. The molecule has 1 aliphatic heterocycles. The van der Waals surface area contributed by atoms with Gasteiger partial charge in [0.25, 0.3) is 0 Å². The fraction of sp³-hybridized carbons (Fsp3) is 0.435. The van der Waals surface area contributed by atoms with Gasteiger partial charge in [-0.15, -0.1) is 0 Å². The number of aryl methyl sites for hydroxylation is 1. The van der Waals surface area contributed by atoms with E-state index in [0.29, 0.717) is 12.5 Å². The second-order valence-electron chi connectivity index (χ2n) is 7.55. The van der Waals surface area contributed by atoms with Crippen LogP contribution in [0.1, 0.15) is 37.0 Å². The summed E-state index contributed by atoms with van der Waals surface area (Å²) in [6, 6.07) is 12.1. The van der Waals surface area contributed by atoms with Gasteiger partial charge in [0, 0.05) is 11.1 Å². The Kier molecular flexibility index (Phi) is 6.12. The molecule has 28 heavy (non-hydrogen) atoms. The molecule has 0 spiro atoms. The van der Waals surface area contributed by atoms with Crippen LogP contribution in [-0.2, 0) is 17.6 Å². The summed E-state index contributed by atoms with van der Waals surface area (Å²) < 4.78 is 22.4. The molecule has 0 atom stereocenters. The number of aliphatic imine (C=N–C) groups is 1. The average molecular weight is 383 g/mol. The molecule has 3 rings (SSSR count). The summed E-state index contributed by atoms with van der Waals surface area (Å²) in [7, 11) is 5.02. The van der Waals surface area contributed by atoms with Gasteiger partial charge in [0.1, 0.15) is 12.4 Å². The van der Waals surface area contributed by atoms with Crippen LogP contribution in [0.3, 0.4) is 0 Å². The maximum atomic E-state index is 5.90. The van der Waals surface area contributed by atoms with Crippen LogP contribution in [-0.4, -0.2) is 39.4 Å². The molecule has 0 aliphatic carbocycles. The molecule has 0 N–H and O–H groups in total. The highest BCUT2D eigenvalue weighted by molar-refractivity contribution is 5.98. The van der Waals surface area contributed by atoms with Gasteiger partial charge in [-0.25, -0.2) is 4.99 Å². The summed E-state index contributed by atoms with van der Waals surface area (Å²) in [6.45, 7) is 4.73. The first kappa shape index (κ1) is 20.1. The van der Waals surface area contributed by atoms with Gasteiger partial charge < -0.3 is 18.9 Å². The fourth-order valence-corrected chi connectivity index (χ4v) is 3.46. The molecule has 5 nitrogen and oxygen atoms in total. The summed E-state index contributed by atoms with van der Waals surface area (Å²) >= 11 is 0. The normalized spacial score (nSPS) is 15.0. The lowest BCUT2D eigenvalue weighted by Gasteiger charge is -2.17. The summed E-state index contributed by atoms with van der Waals surface area (Å²) in [5, 5.41) is 0. The maximum absolute atomic E-state index is 5.90. The van der Waals surface area contributed by atoms with Gasteiger partial charge in [0.05, 0.1) is 26.9 Å². The predicted molar refractivity (Wildman–Crippen MR) is 111 cm³/mol. The van der Waals surface area contributed by atoms with Gasteiger partial charge in [-0.2, -0.15) is 0 Å². The average Bonchev–Trinajstić information content (AvgIpc) is 3.07. The number of hydrogen-bond donors (Lipinski definition) is 0. The number of methoxy groups -OCH3 is 3. The van der Waals surface area contributed by atoms with Crippen molar-refractivity contribution in [3.05, 3.63) is 53.1 Å². The number of rotatable bonds is 8. The van der Waals surface area contributed by atoms with Crippen LogP contribution in [0.4, 0.5) is 0 Å². The summed E-state index contributed by atoms with van der Waals surface area (Å²) in [5.74, 6) is 3.04. The largest absolute Gasteiger partial charge is 0.497 e. The van der Waals surface area contributed by atoms with E-state index in [-0.39, 0.29) is 5.54 Å². The summed E-state index contributed by atoms with van der Waals surface area (Å²) in [4.78, 5) is 4.75. The number of benzene rings is 2. The molecule has 0 aromatic heterocycles. The SMILES string of the molecule is COc1cccc(CCCc2c(C3=NC(C)(C)CO3)ccc(OC)c2OC)c1. The second kappa shape index (κ2) is 8.55. The minimum atomic E-state index is -0.208. The van der Waals surface area contributed by atoms with Gasteiger partial charge in [0.2, 0.25) is 5.90 Å². The van der Waals surface area contributed by atoms with Crippen LogP contribution < -0.4 is 14.2 Å². The van der Waals surface area contributed by atoms with E-state index in [2.05, 4.69) is 26.0 Å². The van der Waals surface area contributed by atoms with Gasteiger partial charge in [-0.05, 0) is 62.9 Å². The van der Waals surface area contributed by atoms with Gasteiger partial charge in [-0.1, -0.05) is 12.1 Å². The smallest absolute Gasteiger partial charge is 0.217 e. The first-order valence-electron chi connectivity index (χ1n) is 9.57. The van der Waals surface area contributed by atoms with Crippen molar-refractivity contribution in [1.29, 1.82) is 0 Å². The van der Waals surface area contributed by atoms with Crippen molar-refractivity contribution in [3.8, 4) is 17.2 Å². The van der Waals surface area contributed by atoms with E-state index >= 15 is 0 Å². The monoisotopic (exact) mass is 383 g/mol. The Bertz CT molecular complexity index is 858. The molecule has 0 bridgehead atoms. The van der Waals surface area contributed by atoms with Crippen LogP contribution in [0.25, 0.3) is 0 Å². The van der Waals surface area contributed by atoms with Gasteiger partial charge >= 0.3 is 0 Å². The van der Waals surface area contributed by atoms with Crippen molar-refractivity contribution < 1.29 is 18.9 Å². The van der Waals surface area contributed by atoms with Crippen LogP contribution in [0, 0.1) is 0 Å². The molecule has 0 saturated carbocycles. The van der Waals surface area contributed by atoms with E-state index in [1.54, 1.807) is 21.3 Å². The molecule has 0 fully saturated rings.